The van der Waals surface area contributed by atoms with Crippen molar-refractivity contribution < 1.29 is 17.9 Å². The van der Waals surface area contributed by atoms with Crippen LogP contribution in [0.4, 0.5) is 11.4 Å². The average molecular weight is 554 g/mol. The predicted octanol–water partition coefficient (Wildman–Crippen LogP) is 4.83. The van der Waals surface area contributed by atoms with Gasteiger partial charge in [-0.2, -0.15) is 0 Å². The Hall–Kier alpha value is -3.23. The smallest absolute Gasteiger partial charge is 0.264 e. The topological polar surface area (TPSA) is 70.2 Å². The Kier molecular flexibility index (Phi) is 7.54. The van der Waals surface area contributed by atoms with Gasteiger partial charge in [0, 0.05) is 38.4 Å². The van der Waals surface area contributed by atoms with Crippen LogP contribution < -0.4 is 13.9 Å². The highest BCUT2D eigenvalue weighted by Crippen LogP contribution is 2.34. The molecule has 0 aromatic heterocycles. The third kappa shape index (κ3) is 5.20. The fourth-order valence-electron chi connectivity index (χ4n) is 5.14. The van der Waals surface area contributed by atoms with E-state index in [1.807, 2.05) is 24.3 Å². The quantitative estimate of drug-likeness (QED) is 0.437. The first-order chi connectivity index (χ1) is 18.3. The van der Waals surface area contributed by atoms with Crippen LogP contribution in [0.1, 0.15) is 23.1 Å². The van der Waals surface area contributed by atoms with E-state index in [1.165, 1.54) is 39.3 Å². The molecule has 2 heterocycles. The SMILES string of the molecule is Cc1cccc(N2CCN(C(=O)COc3ccc(S(=O)(=O)N4CCCc5ccccc54)cc3Cl)CC2)c1C. The number of nitrogens with zero attached hydrogens (tertiary/aromatic N) is 3. The lowest BCUT2D eigenvalue weighted by atomic mass is 10.0. The van der Waals surface area contributed by atoms with Crippen LogP contribution in [-0.4, -0.2) is 58.6 Å². The van der Waals surface area contributed by atoms with Crippen molar-refractivity contribution in [1.29, 1.82) is 0 Å². The summed E-state index contributed by atoms with van der Waals surface area (Å²) in [5, 5.41) is 0.156. The predicted molar refractivity (Wildman–Crippen MR) is 151 cm³/mol. The molecule has 0 bridgehead atoms. The van der Waals surface area contributed by atoms with Gasteiger partial charge < -0.3 is 14.5 Å². The van der Waals surface area contributed by atoms with Gasteiger partial charge in [0.2, 0.25) is 0 Å². The lowest BCUT2D eigenvalue weighted by Gasteiger charge is -2.37. The summed E-state index contributed by atoms with van der Waals surface area (Å²) in [4.78, 5) is 17.0. The van der Waals surface area contributed by atoms with E-state index in [9.17, 15) is 13.2 Å². The van der Waals surface area contributed by atoms with Crippen molar-refractivity contribution in [2.75, 3.05) is 48.5 Å². The number of hydrogen-bond donors (Lipinski definition) is 0. The highest BCUT2D eigenvalue weighted by Gasteiger charge is 2.30. The third-order valence-electron chi connectivity index (χ3n) is 7.46. The van der Waals surface area contributed by atoms with Crippen molar-refractivity contribution in [1.82, 2.24) is 4.90 Å². The maximum atomic E-state index is 13.4. The molecule has 9 heteroatoms. The second kappa shape index (κ2) is 10.9. The van der Waals surface area contributed by atoms with Crippen molar-refractivity contribution in [2.45, 2.75) is 31.6 Å². The molecule has 1 amide bonds. The van der Waals surface area contributed by atoms with Crippen LogP contribution in [0.5, 0.6) is 5.75 Å². The number of aryl methyl sites for hydroxylation is 2. The molecule has 5 rings (SSSR count). The number of sulfonamides is 1. The van der Waals surface area contributed by atoms with Crippen molar-refractivity contribution in [3.05, 3.63) is 82.4 Å². The summed E-state index contributed by atoms with van der Waals surface area (Å²) in [5.74, 6) is 0.162. The number of fused-ring (bicyclic) bond motifs is 1. The monoisotopic (exact) mass is 553 g/mol. The molecule has 0 spiro atoms. The van der Waals surface area contributed by atoms with Crippen LogP contribution >= 0.6 is 11.6 Å². The Morgan fingerprint density at radius 2 is 1.66 bits per heavy atom. The minimum absolute atomic E-state index is 0.0976. The lowest BCUT2D eigenvalue weighted by Crippen LogP contribution is -2.50. The molecule has 3 aromatic carbocycles. The Morgan fingerprint density at radius 1 is 0.921 bits per heavy atom. The first-order valence-corrected chi connectivity index (χ1v) is 14.7. The lowest BCUT2D eigenvalue weighted by molar-refractivity contribution is -0.133. The molecule has 0 N–H and O–H groups in total. The molecular formula is C29H32ClN3O4S. The molecule has 0 unspecified atom stereocenters. The van der Waals surface area contributed by atoms with E-state index in [4.69, 9.17) is 16.3 Å². The number of piperazine rings is 1. The molecule has 1 saturated heterocycles. The summed E-state index contributed by atoms with van der Waals surface area (Å²) in [6.07, 6.45) is 1.61. The number of benzene rings is 3. The first kappa shape index (κ1) is 26.4. The maximum Gasteiger partial charge on any atom is 0.264 e. The summed E-state index contributed by atoms with van der Waals surface area (Å²) in [6, 6.07) is 18.3. The van der Waals surface area contributed by atoms with Crippen molar-refractivity contribution in [3.63, 3.8) is 0 Å². The molecular weight excluding hydrogens is 522 g/mol. The van der Waals surface area contributed by atoms with Crippen LogP contribution in [0.3, 0.4) is 0 Å². The number of halogens is 1. The van der Waals surface area contributed by atoms with Crippen LogP contribution in [0.15, 0.2) is 65.6 Å². The van der Waals surface area contributed by atoms with Gasteiger partial charge in [0.05, 0.1) is 15.6 Å². The van der Waals surface area contributed by atoms with Gasteiger partial charge in [0.1, 0.15) is 5.75 Å². The maximum absolute atomic E-state index is 13.4. The largest absolute Gasteiger partial charge is 0.482 e. The minimum Gasteiger partial charge on any atom is -0.482 e. The van der Waals surface area contributed by atoms with Crippen LogP contribution in [0.25, 0.3) is 0 Å². The summed E-state index contributed by atoms with van der Waals surface area (Å²) >= 11 is 6.42. The second-order valence-corrected chi connectivity index (χ2v) is 12.0. The summed E-state index contributed by atoms with van der Waals surface area (Å²) in [6.45, 7) is 7.22. The second-order valence-electron chi connectivity index (χ2n) is 9.78. The summed E-state index contributed by atoms with van der Waals surface area (Å²) in [5.41, 5.74) is 5.45. The van der Waals surface area contributed by atoms with Crippen molar-refractivity contribution in [3.8, 4) is 5.75 Å². The zero-order valence-electron chi connectivity index (χ0n) is 21.7. The van der Waals surface area contributed by atoms with Crippen LogP contribution in [0, 0.1) is 13.8 Å². The van der Waals surface area contributed by atoms with E-state index in [1.54, 1.807) is 4.90 Å². The van der Waals surface area contributed by atoms with E-state index in [-0.39, 0.29) is 28.2 Å². The van der Waals surface area contributed by atoms with E-state index < -0.39 is 10.0 Å². The number of rotatable bonds is 6. The number of anilines is 2. The van der Waals surface area contributed by atoms with E-state index in [0.717, 1.165) is 31.5 Å². The van der Waals surface area contributed by atoms with Gasteiger partial charge in [0.15, 0.2) is 6.61 Å². The highest BCUT2D eigenvalue weighted by molar-refractivity contribution is 7.92. The van der Waals surface area contributed by atoms with Crippen molar-refractivity contribution in [2.24, 2.45) is 0 Å². The minimum atomic E-state index is -3.78. The van der Waals surface area contributed by atoms with E-state index in [0.29, 0.717) is 25.3 Å². The molecule has 2 aliphatic heterocycles. The van der Waals surface area contributed by atoms with Gasteiger partial charge in [-0.15, -0.1) is 0 Å². The summed E-state index contributed by atoms with van der Waals surface area (Å²) < 4.78 is 34.0. The molecule has 0 radical (unpaired) electrons. The number of ether oxygens (including phenoxy) is 1. The Labute approximate surface area is 229 Å². The van der Waals surface area contributed by atoms with Gasteiger partial charge in [-0.1, -0.05) is 41.9 Å². The Morgan fingerprint density at radius 3 is 2.42 bits per heavy atom. The van der Waals surface area contributed by atoms with Crippen molar-refractivity contribution >= 4 is 38.9 Å². The van der Waals surface area contributed by atoms with Gasteiger partial charge in [-0.25, -0.2) is 8.42 Å². The number of amides is 1. The van der Waals surface area contributed by atoms with Crippen LogP contribution in [-0.2, 0) is 21.2 Å². The molecule has 38 heavy (non-hydrogen) atoms. The molecule has 0 atom stereocenters. The zero-order chi connectivity index (χ0) is 26.9. The van der Waals surface area contributed by atoms with Gasteiger partial charge in [-0.3, -0.25) is 9.10 Å². The van der Waals surface area contributed by atoms with Gasteiger partial charge >= 0.3 is 0 Å². The third-order valence-corrected chi connectivity index (χ3v) is 9.56. The number of carbonyl (C=O) groups excluding carboxylic acids is 1. The highest BCUT2D eigenvalue weighted by atomic mass is 35.5. The fourth-order valence-corrected chi connectivity index (χ4v) is 7.01. The van der Waals surface area contributed by atoms with Crippen LogP contribution in [0.2, 0.25) is 5.02 Å². The molecule has 200 valence electrons. The average Bonchev–Trinajstić information content (AvgIpc) is 2.93. The number of hydrogen-bond acceptors (Lipinski definition) is 5. The molecule has 0 saturated carbocycles. The fraction of sp³-hybridized carbons (Fsp3) is 0.345. The van der Waals surface area contributed by atoms with Gasteiger partial charge in [0.25, 0.3) is 15.9 Å². The van der Waals surface area contributed by atoms with Gasteiger partial charge in [-0.05, 0) is 73.7 Å². The molecule has 3 aromatic rings. The first-order valence-electron chi connectivity index (χ1n) is 12.9. The number of carbonyl (C=O) groups is 1. The number of para-hydroxylation sites is 1. The van der Waals surface area contributed by atoms with E-state index in [2.05, 4.69) is 36.9 Å². The molecule has 1 fully saturated rings. The zero-order valence-corrected chi connectivity index (χ0v) is 23.3. The molecule has 7 nitrogen and oxygen atoms in total. The molecule has 2 aliphatic rings. The summed E-state index contributed by atoms with van der Waals surface area (Å²) in [7, 11) is -3.78. The molecule has 0 aliphatic carbocycles. The standard InChI is InChI=1S/C29H32ClN3O4S/c1-21-7-5-11-26(22(21)2)31-15-17-32(18-16-31)29(34)20-37-28-13-12-24(19-25(28)30)38(35,36)33-14-6-9-23-8-3-4-10-27(23)33/h3-5,7-8,10-13,19H,6,9,14-18,20H2,1-2H3. The normalized spacial score (nSPS) is 15.8. The Balaban J connectivity index is 1.20. The van der Waals surface area contributed by atoms with E-state index >= 15 is 0 Å². The Bertz CT molecular complexity index is 1450.